The summed E-state index contributed by atoms with van der Waals surface area (Å²) in [5.41, 5.74) is 1.55. The van der Waals surface area contributed by atoms with Gasteiger partial charge in [-0.15, -0.1) is 0 Å². The summed E-state index contributed by atoms with van der Waals surface area (Å²) in [6.07, 6.45) is 0.0634. The summed E-state index contributed by atoms with van der Waals surface area (Å²) in [6.45, 7) is 2.00. The minimum atomic E-state index is -0.406. The Bertz CT molecular complexity index is 802. The second-order valence-corrected chi connectivity index (χ2v) is 5.58. The first-order valence-corrected chi connectivity index (χ1v) is 8.53. The molecule has 7 nitrogen and oxygen atoms in total. The van der Waals surface area contributed by atoms with Gasteiger partial charge in [0.25, 0.3) is 5.91 Å². The molecular formula is C20H22N2O5. The van der Waals surface area contributed by atoms with Gasteiger partial charge >= 0.3 is 5.97 Å². The number of methoxy groups -OCH3 is 1. The SMILES string of the molecule is CCOC(=O)CCC(=O)Nc1ccc(C(=O)Nc2ccccc2OC)cc1. The van der Waals surface area contributed by atoms with Crippen LogP contribution in [0.2, 0.25) is 0 Å². The van der Waals surface area contributed by atoms with E-state index in [-0.39, 0.29) is 24.7 Å². The number of esters is 1. The fourth-order valence-electron chi connectivity index (χ4n) is 2.32. The van der Waals surface area contributed by atoms with Crippen LogP contribution in [-0.4, -0.2) is 31.5 Å². The maximum absolute atomic E-state index is 12.3. The summed E-state index contributed by atoms with van der Waals surface area (Å²) in [5, 5.41) is 5.46. The molecule has 0 aromatic heterocycles. The highest BCUT2D eigenvalue weighted by Gasteiger charge is 2.11. The van der Waals surface area contributed by atoms with E-state index in [1.165, 1.54) is 7.11 Å². The number of benzene rings is 2. The standard InChI is InChI=1S/C20H22N2O5/c1-3-27-19(24)13-12-18(23)21-15-10-8-14(9-11-15)20(25)22-16-6-4-5-7-17(16)26-2/h4-11H,3,12-13H2,1-2H3,(H,21,23)(H,22,25). The highest BCUT2D eigenvalue weighted by molar-refractivity contribution is 6.05. The molecule has 0 heterocycles. The zero-order valence-electron chi connectivity index (χ0n) is 15.3. The monoisotopic (exact) mass is 370 g/mol. The molecule has 2 N–H and O–H groups in total. The molecule has 0 unspecified atom stereocenters. The highest BCUT2D eigenvalue weighted by atomic mass is 16.5. The molecule has 0 aliphatic heterocycles. The summed E-state index contributed by atoms with van der Waals surface area (Å²) >= 11 is 0. The van der Waals surface area contributed by atoms with Gasteiger partial charge in [-0.2, -0.15) is 0 Å². The Morgan fingerprint density at radius 3 is 2.30 bits per heavy atom. The van der Waals surface area contributed by atoms with Crippen LogP contribution in [-0.2, 0) is 14.3 Å². The molecule has 0 fully saturated rings. The van der Waals surface area contributed by atoms with Crippen LogP contribution in [0.4, 0.5) is 11.4 Å². The Balaban J connectivity index is 1.91. The Morgan fingerprint density at radius 1 is 0.926 bits per heavy atom. The Morgan fingerprint density at radius 2 is 1.63 bits per heavy atom. The van der Waals surface area contributed by atoms with E-state index < -0.39 is 5.97 Å². The first kappa shape index (κ1) is 20.0. The molecule has 27 heavy (non-hydrogen) atoms. The van der Waals surface area contributed by atoms with Crippen LogP contribution >= 0.6 is 0 Å². The van der Waals surface area contributed by atoms with Crippen LogP contribution in [0, 0.1) is 0 Å². The van der Waals surface area contributed by atoms with Gasteiger partial charge in [0, 0.05) is 17.7 Å². The summed E-state index contributed by atoms with van der Waals surface area (Å²) in [7, 11) is 1.53. The van der Waals surface area contributed by atoms with Crippen molar-refractivity contribution < 1.29 is 23.9 Å². The topological polar surface area (TPSA) is 93.7 Å². The van der Waals surface area contributed by atoms with E-state index in [1.54, 1.807) is 49.4 Å². The molecular weight excluding hydrogens is 348 g/mol. The van der Waals surface area contributed by atoms with Gasteiger partial charge in [-0.25, -0.2) is 0 Å². The van der Waals surface area contributed by atoms with Gasteiger partial charge in [0.1, 0.15) is 5.75 Å². The van der Waals surface area contributed by atoms with E-state index in [1.807, 2.05) is 6.07 Å². The second-order valence-electron chi connectivity index (χ2n) is 5.58. The zero-order chi connectivity index (χ0) is 19.6. The van der Waals surface area contributed by atoms with E-state index >= 15 is 0 Å². The van der Waals surface area contributed by atoms with Crippen molar-refractivity contribution in [3.63, 3.8) is 0 Å². The van der Waals surface area contributed by atoms with Crippen molar-refractivity contribution in [2.24, 2.45) is 0 Å². The van der Waals surface area contributed by atoms with Crippen LogP contribution in [0.1, 0.15) is 30.1 Å². The Labute approximate surface area is 157 Å². The van der Waals surface area contributed by atoms with Crippen molar-refractivity contribution >= 4 is 29.2 Å². The summed E-state index contributed by atoms with van der Waals surface area (Å²) < 4.78 is 9.98. The lowest BCUT2D eigenvalue weighted by Crippen LogP contribution is -2.15. The molecule has 0 radical (unpaired) electrons. The molecule has 2 amide bonds. The van der Waals surface area contributed by atoms with Crippen molar-refractivity contribution in [1.29, 1.82) is 0 Å². The van der Waals surface area contributed by atoms with Crippen LogP contribution in [0.25, 0.3) is 0 Å². The van der Waals surface area contributed by atoms with Gasteiger partial charge in [-0.05, 0) is 43.3 Å². The Hall–Kier alpha value is -3.35. The van der Waals surface area contributed by atoms with Crippen molar-refractivity contribution in [1.82, 2.24) is 0 Å². The fourth-order valence-corrected chi connectivity index (χ4v) is 2.32. The molecule has 0 atom stereocenters. The Kier molecular flexibility index (Phi) is 7.37. The van der Waals surface area contributed by atoms with Gasteiger partial charge in [-0.1, -0.05) is 12.1 Å². The lowest BCUT2D eigenvalue weighted by molar-refractivity contribution is -0.144. The number of anilines is 2. The predicted molar refractivity (Wildman–Crippen MR) is 102 cm³/mol. The van der Waals surface area contributed by atoms with Crippen LogP contribution in [0.5, 0.6) is 5.75 Å². The third-order valence-electron chi connectivity index (χ3n) is 3.65. The number of hydrogen-bond acceptors (Lipinski definition) is 5. The molecule has 0 aliphatic carbocycles. The van der Waals surface area contributed by atoms with E-state index in [0.717, 1.165) is 0 Å². The van der Waals surface area contributed by atoms with Crippen molar-refractivity contribution in [2.45, 2.75) is 19.8 Å². The molecule has 0 bridgehead atoms. The van der Waals surface area contributed by atoms with Gasteiger partial charge in [0.2, 0.25) is 5.91 Å². The molecule has 0 spiro atoms. The molecule has 0 saturated carbocycles. The number of hydrogen-bond donors (Lipinski definition) is 2. The number of carbonyl (C=O) groups excluding carboxylic acids is 3. The molecule has 2 aromatic rings. The van der Waals surface area contributed by atoms with Gasteiger partial charge in [0.05, 0.1) is 25.8 Å². The van der Waals surface area contributed by atoms with Crippen LogP contribution in [0.3, 0.4) is 0 Å². The number of nitrogens with one attached hydrogen (secondary N) is 2. The minimum Gasteiger partial charge on any atom is -0.495 e. The van der Waals surface area contributed by atoms with Crippen molar-refractivity contribution in [3.05, 3.63) is 54.1 Å². The maximum atomic E-state index is 12.3. The minimum absolute atomic E-state index is 0.0269. The number of amides is 2. The van der Waals surface area contributed by atoms with E-state index in [2.05, 4.69) is 10.6 Å². The fraction of sp³-hybridized carbons (Fsp3) is 0.250. The zero-order valence-corrected chi connectivity index (χ0v) is 15.3. The molecule has 2 aromatic carbocycles. The molecule has 2 rings (SSSR count). The first-order chi connectivity index (χ1) is 13.0. The summed E-state index contributed by atoms with van der Waals surface area (Å²) in [5.74, 6) is -0.429. The largest absolute Gasteiger partial charge is 0.495 e. The lowest BCUT2D eigenvalue weighted by atomic mass is 10.1. The average Bonchev–Trinajstić information content (AvgIpc) is 2.67. The van der Waals surface area contributed by atoms with E-state index in [4.69, 9.17) is 9.47 Å². The molecule has 0 aliphatic rings. The third-order valence-corrected chi connectivity index (χ3v) is 3.65. The molecule has 7 heteroatoms. The number of rotatable bonds is 8. The quantitative estimate of drug-likeness (QED) is 0.696. The third kappa shape index (κ3) is 6.14. The first-order valence-electron chi connectivity index (χ1n) is 8.53. The summed E-state index contributed by atoms with van der Waals surface area (Å²) in [4.78, 5) is 35.4. The average molecular weight is 370 g/mol. The van der Waals surface area contributed by atoms with Crippen LogP contribution < -0.4 is 15.4 Å². The summed E-state index contributed by atoms with van der Waals surface area (Å²) in [6, 6.07) is 13.6. The van der Waals surface area contributed by atoms with E-state index in [0.29, 0.717) is 29.3 Å². The molecule has 0 saturated heterocycles. The maximum Gasteiger partial charge on any atom is 0.306 e. The van der Waals surface area contributed by atoms with Crippen molar-refractivity contribution in [2.75, 3.05) is 24.4 Å². The number of para-hydroxylation sites is 2. The number of ether oxygens (including phenoxy) is 2. The lowest BCUT2D eigenvalue weighted by Gasteiger charge is -2.10. The normalized spacial score (nSPS) is 10.0. The highest BCUT2D eigenvalue weighted by Crippen LogP contribution is 2.23. The van der Waals surface area contributed by atoms with Gasteiger partial charge < -0.3 is 20.1 Å². The molecule has 142 valence electrons. The second kappa shape index (κ2) is 9.96. The van der Waals surface area contributed by atoms with Crippen molar-refractivity contribution in [3.8, 4) is 5.75 Å². The van der Waals surface area contributed by atoms with Gasteiger partial charge in [0.15, 0.2) is 0 Å². The smallest absolute Gasteiger partial charge is 0.306 e. The number of carbonyl (C=O) groups is 3. The van der Waals surface area contributed by atoms with E-state index in [9.17, 15) is 14.4 Å². The van der Waals surface area contributed by atoms with Crippen LogP contribution in [0.15, 0.2) is 48.5 Å². The van der Waals surface area contributed by atoms with Gasteiger partial charge in [-0.3, -0.25) is 14.4 Å². The predicted octanol–water partition coefficient (Wildman–Crippen LogP) is 3.23.